The fraction of sp³-hybridized carbons (Fsp3) is 0.364. The van der Waals surface area contributed by atoms with Gasteiger partial charge in [0.15, 0.2) is 0 Å². The second kappa shape index (κ2) is 4.25. The summed E-state index contributed by atoms with van der Waals surface area (Å²) in [6.07, 6.45) is -0.0985. The molecule has 0 radical (unpaired) electrons. The minimum Gasteiger partial charge on any atom is -0.508 e. The maximum absolute atomic E-state index is 11.8. The number of phenolic OH excluding ortho intramolecular Hbond substituents is 1. The van der Waals surface area contributed by atoms with Gasteiger partial charge in [0.2, 0.25) is 15.9 Å². The van der Waals surface area contributed by atoms with Gasteiger partial charge in [0.1, 0.15) is 11.0 Å². The van der Waals surface area contributed by atoms with Crippen molar-refractivity contribution >= 4 is 21.6 Å². The van der Waals surface area contributed by atoms with Crippen LogP contribution in [-0.2, 0) is 14.8 Å². The summed E-state index contributed by atoms with van der Waals surface area (Å²) in [6.45, 7) is 1.76. The number of nitrogens with two attached hydrogens (primary N) is 1. The molecule has 98 valence electrons. The number of amides is 1. The Morgan fingerprint density at radius 1 is 1.44 bits per heavy atom. The van der Waals surface area contributed by atoms with E-state index in [0.717, 1.165) is 0 Å². The molecule has 1 heterocycles. The van der Waals surface area contributed by atoms with Gasteiger partial charge in [-0.15, -0.1) is 0 Å². The number of anilines is 1. The SMILES string of the molecule is Cc1cc(N2CC(S(N)(=O)=O)CC2=O)ccc1O. The lowest BCUT2D eigenvalue weighted by molar-refractivity contribution is -0.117. The Hall–Kier alpha value is -1.60. The Kier molecular flexibility index (Phi) is 3.04. The van der Waals surface area contributed by atoms with E-state index in [-0.39, 0.29) is 24.6 Å². The molecule has 1 atom stereocenters. The van der Waals surface area contributed by atoms with Crippen molar-refractivity contribution in [1.29, 1.82) is 0 Å². The van der Waals surface area contributed by atoms with Crippen LogP contribution in [0.2, 0.25) is 0 Å². The fourth-order valence-corrected chi connectivity index (χ4v) is 2.68. The van der Waals surface area contributed by atoms with Gasteiger partial charge < -0.3 is 10.0 Å². The molecule has 0 aliphatic carbocycles. The van der Waals surface area contributed by atoms with E-state index in [9.17, 15) is 18.3 Å². The third-order valence-electron chi connectivity index (χ3n) is 3.05. The van der Waals surface area contributed by atoms with Gasteiger partial charge in [-0.05, 0) is 30.7 Å². The van der Waals surface area contributed by atoms with E-state index in [0.29, 0.717) is 11.3 Å². The normalized spacial score (nSPS) is 20.4. The van der Waals surface area contributed by atoms with E-state index in [1.54, 1.807) is 19.1 Å². The van der Waals surface area contributed by atoms with Crippen molar-refractivity contribution in [3.63, 3.8) is 0 Å². The van der Waals surface area contributed by atoms with E-state index >= 15 is 0 Å². The first-order valence-electron chi connectivity index (χ1n) is 5.40. The lowest BCUT2D eigenvalue weighted by atomic mass is 10.2. The molecule has 1 amide bonds. The van der Waals surface area contributed by atoms with E-state index in [4.69, 9.17) is 5.14 Å². The van der Waals surface area contributed by atoms with Gasteiger partial charge in [0.05, 0.1) is 0 Å². The second-order valence-corrected chi connectivity index (χ2v) is 6.24. The zero-order valence-corrected chi connectivity index (χ0v) is 10.6. The molecule has 1 fully saturated rings. The molecule has 6 nitrogen and oxygen atoms in total. The number of nitrogens with zero attached hydrogens (tertiary/aromatic N) is 1. The number of hydrogen-bond donors (Lipinski definition) is 2. The third-order valence-corrected chi connectivity index (χ3v) is 4.29. The molecule has 1 aromatic rings. The van der Waals surface area contributed by atoms with E-state index < -0.39 is 15.3 Å². The maximum atomic E-state index is 11.8. The van der Waals surface area contributed by atoms with Crippen molar-refractivity contribution in [1.82, 2.24) is 0 Å². The molecule has 1 unspecified atom stereocenters. The highest BCUT2D eigenvalue weighted by Gasteiger charge is 2.37. The highest BCUT2D eigenvalue weighted by atomic mass is 32.2. The van der Waals surface area contributed by atoms with Crippen LogP contribution < -0.4 is 10.0 Å². The van der Waals surface area contributed by atoms with Gasteiger partial charge in [0, 0.05) is 18.7 Å². The molecule has 0 spiro atoms. The average molecular weight is 270 g/mol. The topological polar surface area (TPSA) is 101 Å². The Balaban J connectivity index is 2.30. The van der Waals surface area contributed by atoms with Crippen molar-refractivity contribution in [2.24, 2.45) is 5.14 Å². The molecule has 0 aromatic heterocycles. The van der Waals surface area contributed by atoms with Crippen LogP contribution in [0.25, 0.3) is 0 Å². The summed E-state index contributed by atoms with van der Waals surface area (Å²) < 4.78 is 22.5. The van der Waals surface area contributed by atoms with Crippen molar-refractivity contribution in [3.8, 4) is 5.75 Å². The summed E-state index contributed by atoms with van der Waals surface area (Å²) >= 11 is 0. The van der Waals surface area contributed by atoms with Crippen LogP contribution in [-0.4, -0.2) is 31.2 Å². The number of carbonyl (C=O) groups is 1. The minimum absolute atomic E-state index is 0.0574. The lowest BCUT2D eigenvalue weighted by Crippen LogP contribution is -2.32. The third kappa shape index (κ3) is 2.32. The number of rotatable bonds is 2. The summed E-state index contributed by atoms with van der Waals surface area (Å²) in [5, 5.41) is 13.6. The van der Waals surface area contributed by atoms with Crippen LogP contribution in [0.1, 0.15) is 12.0 Å². The van der Waals surface area contributed by atoms with Gasteiger partial charge in [-0.2, -0.15) is 0 Å². The molecule has 3 N–H and O–H groups in total. The predicted octanol–water partition coefficient (Wildman–Crippen LogP) is 0.0944. The van der Waals surface area contributed by atoms with Crippen LogP contribution in [0.3, 0.4) is 0 Å². The molecule has 1 aliphatic rings. The first-order valence-corrected chi connectivity index (χ1v) is 7.01. The molecular formula is C11H14N2O4S. The quantitative estimate of drug-likeness (QED) is 0.795. The molecule has 0 bridgehead atoms. The number of primary sulfonamides is 1. The summed E-state index contributed by atoms with van der Waals surface area (Å²) in [6, 6.07) is 4.69. The van der Waals surface area contributed by atoms with Crippen LogP contribution >= 0.6 is 0 Å². The first-order chi connectivity index (χ1) is 8.29. The van der Waals surface area contributed by atoms with Crippen molar-refractivity contribution < 1.29 is 18.3 Å². The Bertz CT molecular complexity index is 597. The summed E-state index contributed by atoms with van der Waals surface area (Å²) in [5.74, 6) is -0.146. The molecule has 2 rings (SSSR count). The van der Waals surface area contributed by atoms with Crippen LogP contribution in [0.15, 0.2) is 18.2 Å². The number of phenols is 1. The van der Waals surface area contributed by atoms with Crippen molar-refractivity contribution in [2.45, 2.75) is 18.6 Å². The first kappa shape index (κ1) is 12.8. The van der Waals surface area contributed by atoms with Crippen molar-refractivity contribution in [2.75, 3.05) is 11.4 Å². The van der Waals surface area contributed by atoms with Gasteiger partial charge >= 0.3 is 0 Å². The standard InChI is InChI=1S/C11H14N2O4S/c1-7-4-8(2-3-10(7)14)13-6-9(5-11(13)15)18(12,16)17/h2-4,9,14H,5-6H2,1H3,(H2,12,16,17). The molecule has 7 heteroatoms. The zero-order valence-electron chi connectivity index (χ0n) is 9.83. The highest BCUT2D eigenvalue weighted by molar-refractivity contribution is 7.89. The molecular weight excluding hydrogens is 256 g/mol. The fourth-order valence-electron chi connectivity index (χ4n) is 1.95. The van der Waals surface area contributed by atoms with Crippen LogP contribution in [0.5, 0.6) is 5.75 Å². The number of benzene rings is 1. The molecule has 1 saturated heterocycles. The monoisotopic (exact) mass is 270 g/mol. The summed E-state index contributed by atoms with van der Waals surface area (Å²) in [4.78, 5) is 13.1. The van der Waals surface area contributed by atoms with Gasteiger partial charge in [0.25, 0.3) is 0 Å². The largest absolute Gasteiger partial charge is 0.508 e. The van der Waals surface area contributed by atoms with Crippen molar-refractivity contribution in [3.05, 3.63) is 23.8 Å². The number of carbonyl (C=O) groups excluding carboxylic acids is 1. The number of hydrogen-bond acceptors (Lipinski definition) is 4. The number of aromatic hydroxyl groups is 1. The molecule has 1 aromatic carbocycles. The van der Waals surface area contributed by atoms with Gasteiger partial charge in [-0.3, -0.25) is 4.79 Å². The van der Waals surface area contributed by atoms with Crippen LogP contribution in [0.4, 0.5) is 5.69 Å². The number of sulfonamides is 1. The predicted molar refractivity (Wildman–Crippen MR) is 66.7 cm³/mol. The Morgan fingerprint density at radius 3 is 2.61 bits per heavy atom. The van der Waals surface area contributed by atoms with Gasteiger partial charge in [-0.1, -0.05) is 0 Å². The van der Waals surface area contributed by atoms with Crippen LogP contribution in [0, 0.1) is 6.92 Å². The van der Waals surface area contributed by atoms with Gasteiger partial charge in [-0.25, -0.2) is 13.6 Å². The average Bonchev–Trinajstić information content (AvgIpc) is 2.64. The Morgan fingerprint density at radius 2 is 2.11 bits per heavy atom. The molecule has 1 aliphatic heterocycles. The van der Waals surface area contributed by atoms with E-state index in [2.05, 4.69) is 0 Å². The smallest absolute Gasteiger partial charge is 0.228 e. The molecule has 0 saturated carbocycles. The number of aryl methyl sites for hydroxylation is 1. The minimum atomic E-state index is -3.71. The van der Waals surface area contributed by atoms with E-state index in [1.165, 1.54) is 11.0 Å². The highest BCUT2D eigenvalue weighted by Crippen LogP contribution is 2.28. The maximum Gasteiger partial charge on any atom is 0.228 e. The lowest BCUT2D eigenvalue weighted by Gasteiger charge is -2.17. The second-order valence-electron chi connectivity index (χ2n) is 4.39. The summed E-state index contributed by atoms with van der Waals surface area (Å²) in [5.41, 5.74) is 1.20. The Labute approximate surface area is 105 Å². The zero-order chi connectivity index (χ0) is 13.5. The van der Waals surface area contributed by atoms with E-state index in [1.807, 2.05) is 0 Å². The summed E-state index contributed by atoms with van der Waals surface area (Å²) in [7, 11) is -3.71. The molecule has 18 heavy (non-hydrogen) atoms.